The third-order valence-corrected chi connectivity index (χ3v) is 2.98. The average molecular weight is 345 g/mol. The van der Waals surface area contributed by atoms with E-state index in [1.807, 2.05) is 20.8 Å². The summed E-state index contributed by atoms with van der Waals surface area (Å²) in [7, 11) is 0. The molecule has 110 valence electrons. The summed E-state index contributed by atoms with van der Waals surface area (Å²) in [6, 6.07) is 4.13. The number of amides is 2. The van der Waals surface area contributed by atoms with Crippen molar-refractivity contribution in [3.63, 3.8) is 0 Å². The van der Waals surface area contributed by atoms with Crippen molar-refractivity contribution < 1.29 is 14.0 Å². The lowest BCUT2D eigenvalue weighted by Gasteiger charge is -2.20. The van der Waals surface area contributed by atoms with Crippen molar-refractivity contribution >= 4 is 27.7 Å². The maximum Gasteiger partial charge on any atom is 0.251 e. The van der Waals surface area contributed by atoms with Crippen LogP contribution < -0.4 is 10.6 Å². The topological polar surface area (TPSA) is 58.2 Å². The summed E-state index contributed by atoms with van der Waals surface area (Å²) in [5.41, 5.74) is -0.0717. The van der Waals surface area contributed by atoms with Gasteiger partial charge in [0.1, 0.15) is 5.82 Å². The molecule has 0 aliphatic rings. The Bertz CT molecular complexity index is 512. The number of carbonyl (C=O) groups is 2. The Morgan fingerprint density at radius 3 is 2.50 bits per heavy atom. The molecule has 0 bridgehead atoms. The van der Waals surface area contributed by atoms with Gasteiger partial charge in [-0.05, 0) is 54.9 Å². The minimum absolute atomic E-state index is 0.139. The van der Waals surface area contributed by atoms with Crippen molar-refractivity contribution in [2.24, 2.45) is 0 Å². The van der Waals surface area contributed by atoms with Gasteiger partial charge in [-0.2, -0.15) is 0 Å². The number of hydrogen-bond donors (Lipinski definition) is 2. The Balaban J connectivity index is 2.44. The standard InChI is InChI=1S/C14H18BrFN2O2/c1-14(2,3)18-12(19)6-7-17-13(20)9-4-5-10(15)11(16)8-9/h4-5,8H,6-7H2,1-3H3,(H,17,20)(H,18,19). The van der Waals surface area contributed by atoms with Crippen molar-refractivity contribution in [2.75, 3.05) is 6.54 Å². The summed E-state index contributed by atoms with van der Waals surface area (Å²) in [5, 5.41) is 5.37. The first-order chi connectivity index (χ1) is 9.19. The Morgan fingerprint density at radius 1 is 1.30 bits per heavy atom. The number of hydrogen-bond acceptors (Lipinski definition) is 2. The van der Waals surface area contributed by atoms with E-state index in [1.165, 1.54) is 12.1 Å². The Kier molecular flexibility index (Phi) is 5.68. The van der Waals surface area contributed by atoms with Crippen LogP contribution in [-0.2, 0) is 4.79 Å². The summed E-state index contributed by atoms with van der Waals surface area (Å²) in [6.07, 6.45) is 0.183. The van der Waals surface area contributed by atoms with Crippen molar-refractivity contribution in [1.29, 1.82) is 0 Å². The molecule has 0 aromatic heterocycles. The van der Waals surface area contributed by atoms with Crippen LogP contribution in [0.15, 0.2) is 22.7 Å². The van der Waals surface area contributed by atoms with Gasteiger partial charge < -0.3 is 10.6 Å². The van der Waals surface area contributed by atoms with Crippen LogP contribution in [0, 0.1) is 5.82 Å². The van der Waals surface area contributed by atoms with Crippen LogP contribution in [0.4, 0.5) is 4.39 Å². The fraction of sp³-hybridized carbons (Fsp3) is 0.429. The number of benzene rings is 1. The van der Waals surface area contributed by atoms with Crippen LogP contribution in [0.3, 0.4) is 0 Å². The highest BCUT2D eigenvalue weighted by atomic mass is 79.9. The molecule has 0 fully saturated rings. The van der Waals surface area contributed by atoms with Crippen LogP contribution in [0.1, 0.15) is 37.6 Å². The zero-order valence-electron chi connectivity index (χ0n) is 11.7. The molecule has 0 aliphatic carbocycles. The van der Waals surface area contributed by atoms with Crippen molar-refractivity contribution in [1.82, 2.24) is 10.6 Å². The van der Waals surface area contributed by atoms with Crippen LogP contribution in [0.5, 0.6) is 0 Å². The molecule has 4 nitrogen and oxygen atoms in total. The molecule has 0 unspecified atom stereocenters. The predicted molar refractivity (Wildman–Crippen MR) is 78.9 cm³/mol. The maximum atomic E-state index is 13.3. The van der Waals surface area contributed by atoms with Crippen molar-refractivity contribution in [2.45, 2.75) is 32.7 Å². The van der Waals surface area contributed by atoms with E-state index in [9.17, 15) is 14.0 Å². The maximum absolute atomic E-state index is 13.3. The van der Waals surface area contributed by atoms with E-state index in [1.54, 1.807) is 0 Å². The molecule has 1 aromatic rings. The van der Waals surface area contributed by atoms with Gasteiger partial charge in [0.05, 0.1) is 4.47 Å². The van der Waals surface area contributed by atoms with Gasteiger partial charge in [-0.15, -0.1) is 0 Å². The third kappa shape index (κ3) is 5.69. The highest BCUT2D eigenvalue weighted by molar-refractivity contribution is 9.10. The lowest BCUT2D eigenvalue weighted by atomic mass is 10.1. The van der Waals surface area contributed by atoms with E-state index >= 15 is 0 Å². The summed E-state index contributed by atoms with van der Waals surface area (Å²) >= 11 is 3.02. The second-order valence-electron chi connectivity index (χ2n) is 5.43. The zero-order valence-corrected chi connectivity index (χ0v) is 13.3. The summed E-state index contributed by atoms with van der Waals surface area (Å²) in [6.45, 7) is 5.86. The molecule has 0 saturated heterocycles. The molecule has 1 aromatic carbocycles. The van der Waals surface area contributed by atoms with Gasteiger partial charge in [-0.1, -0.05) is 0 Å². The lowest BCUT2D eigenvalue weighted by molar-refractivity contribution is -0.122. The number of halogens is 2. The molecule has 6 heteroatoms. The van der Waals surface area contributed by atoms with Gasteiger partial charge in [0.15, 0.2) is 0 Å². The van der Waals surface area contributed by atoms with Gasteiger partial charge in [0.2, 0.25) is 5.91 Å². The minimum atomic E-state index is -0.497. The highest BCUT2D eigenvalue weighted by Crippen LogP contribution is 2.16. The molecule has 0 saturated carbocycles. The summed E-state index contributed by atoms with van der Waals surface area (Å²) in [4.78, 5) is 23.3. The summed E-state index contributed by atoms with van der Waals surface area (Å²) < 4.78 is 13.6. The molecule has 20 heavy (non-hydrogen) atoms. The molecule has 0 spiro atoms. The monoisotopic (exact) mass is 344 g/mol. The Labute approximate surface area is 126 Å². The fourth-order valence-corrected chi connectivity index (χ4v) is 1.76. The van der Waals surface area contributed by atoms with Crippen LogP contribution in [-0.4, -0.2) is 23.9 Å². The number of rotatable bonds is 4. The van der Waals surface area contributed by atoms with E-state index in [-0.39, 0.29) is 30.0 Å². The quantitative estimate of drug-likeness (QED) is 0.881. The molecular formula is C14H18BrFN2O2. The minimum Gasteiger partial charge on any atom is -0.352 e. The highest BCUT2D eigenvalue weighted by Gasteiger charge is 2.14. The smallest absolute Gasteiger partial charge is 0.251 e. The van der Waals surface area contributed by atoms with Gasteiger partial charge >= 0.3 is 0 Å². The predicted octanol–water partition coefficient (Wildman–Crippen LogP) is 2.62. The second kappa shape index (κ2) is 6.83. The van der Waals surface area contributed by atoms with Gasteiger partial charge in [0, 0.05) is 24.1 Å². The molecule has 0 aliphatic heterocycles. The average Bonchev–Trinajstić information content (AvgIpc) is 2.30. The molecule has 2 N–H and O–H groups in total. The number of nitrogens with one attached hydrogen (secondary N) is 2. The molecule has 2 amide bonds. The van der Waals surface area contributed by atoms with Gasteiger partial charge in [-0.3, -0.25) is 9.59 Å². The van der Waals surface area contributed by atoms with E-state index in [4.69, 9.17) is 0 Å². The van der Waals surface area contributed by atoms with E-state index in [2.05, 4.69) is 26.6 Å². The SMILES string of the molecule is CC(C)(C)NC(=O)CCNC(=O)c1ccc(Br)c(F)c1. The van der Waals surface area contributed by atoms with Crippen molar-refractivity contribution in [3.8, 4) is 0 Å². The largest absolute Gasteiger partial charge is 0.352 e. The molecule has 0 atom stereocenters. The normalized spacial score (nSPS) is 11.1. The Hall–Kier alpha value is -1.43. The third-order valence-electron chi connectivity index (χ3n) is 2.33. The first-order valence-electron chi connectivity index (χ1n) is 6.23. The summed E-state index contributed by atoms with van der Waals surface area (Å²) in [5.74, 6) is -1.04. The second-order valence-corrected chi connectivity index (χ2v) is 6.29. The lowest BCUT2D eigenvalue weighted by Crippen LogP contribution is -2.42. The molecule has 0 radical (unpaired) electrons. The van der Waals surface area contributed by atoms with E-state index in [0.717, 1.165) is 6.07 Å². The number of carbonyl (C=O) groups excluding carboxylic acids is 2. The van der Waals surface area contributed by atoms with Gasteiger partial charge in [-0.25, -0.2) is 4.39 Å². The van der Waals surface area contributed by atoms with Gasteiger partial charge in [0.25, 0.3) is 5.91 Å². The Morgan fingerprint density at radius 2 is 1.95 bits per heavy atom. The molecular weight excluding hydrogens is 327 g/mol. The molecule has 0 heterocycles. The first-order valence-corrected chi connectivity index (χ1v) is 7.02. The van der Waals surface area contributed by atoms with E-state index < -0.39 is 11.7 Å². The van der Waals surface area contributed by atoms with Crippen molar-refractivity contribution in [3.05, 3.63) is 34.1 Å². The zero-order chi connectivity index (χ0) is 15.3. The van der Waals surface area contributed by atoms with Crippen LogP contribution in [0.2, 0.25) is 0 Å². The van der Waals surface area contributed by atoms with Crippen LogP contribution in [0.25, 0.3) is 0 Å². The molecule has 1 rings (SSSR count). The first kappa shape index (κ1) is 16.6. The van der Waals surface area contributed by atoms with E-state index in [0.29, 0.717) is 4.47 Å². The van der Waals surface area contributed by atoms with Crippen LogP contribution >= 0.6 is 15.9 Å². The fourth-order valence-electron chi connectivity index (χ4n) is 1.51.